The van der Waals surface area contributed by atoms with E-state index in [4.69, 9.17) is 0 Å². The molecule has 0 spiro atoms. The fourth-order valence-corrected chi connectivity index (χ4v) is 8.25. The molecule has 0 atom stereocenters. The Morgan fingerprint density at radius 2 is 0.763 bits per heavy atom. The molecule has 4 aromatic rings. The summed E-state index contributed by atoms with van der Waals surface area (Å²) in [6, 6.07) is 28.6. The summed E-state index contributed by atoms with van der Waals surface area (Å²) in [5, 5.41) is 0. The van der Waals surface area contributed by atoms with Gasteiger partial charge in [0.1, 0.15) is 0 Å². The van der Waals surface area contributed by atoms with Gasteiger partial charge in [-0.2, -0.15) is 26.3 Å². The lowest BCUT2D eigenvalue weighted by molar-refractivity contribution is -0.138. The van der Waals surface area contributed by atoms with Gasteiger partial charge in [-0.3, -0.25) is 0 Å². The van der Waals surface area contributed by atoms with Crippen LogP contribution in [-0.2, 0) is 25.2 Å². The molecule has 0 unspecified atom stereocenters. The van der Waals surface area contributed by atoms with Gasteiger partial charge in [-0.25, -0.2) is 0 Å². The van der Waals surface area contributed by atoms with E-state index in [1.807, 2.05) is 0 Å². The number of rotatable bonds is 11. The van der Waals surface area contributed by atoms with Crippen LogP contribution in [0.25, 0.3) is 0 Å². The minimum absolute atomic E-state index is 0.335. The third kappa shape index (κ3) is 15.3. The molecule has 4 aromatic carbocycles. The smallest absolute Gasteiger partial charge is 0.166 e. The van der Waals surface area contributed by atoms with Crippen molar-refractivity contribution in [2.75, 3.05) is 0 Å². The predicted octanol–water partition coefficient (Wildman–Crippen LogP) is 15.9. The van der Waals surface area contributed by atoms with Gasteiger partial charge in [0.2, 0.25) is 0 Å². The number of halogens is 6. The van der Waals surface area contributed by atoms with E-state index < -0.39 is 23.5 Å². The standard InChI is InChI=1S/C27H31F3.C26H29F3/c1-2-3-4-5-6-21-9-15-24(16-10-21)25-17-11-22(12-18-25)7-8-23-13-19-26(20-14-23)27(28,29)30;1-2-3-4-5-20-8-14-23(15-9-20)24-16-10-21(11-17-24)6-7-22-12-18-25(19-13-22)26(27,28)29/h9-10,13-16,19-20,22,25H,2-6,11-12,17-18H2,1H3;8-9,12-15,18-19,21,24H,2-5,10-11,16-17H2,1H3/t22-,25-;21-,24-. The van der Waals surface area contributed by atoms with E-state index in [1.54, 1.807) is 0 Å². The van der Waals surface area contributed by atoms with Crippen LogP contribution in [0, 0.1) is 35.5 Å². The van der Waals surface area contributed by atoms with Crippen LogP contribution in [-0.4, -0.2) is 0 Å². The van der Waals surface area contributed by atoms with Crippen molar-refractivity contribution < 1.29 is 26.3 Å². The highest BCUT2D eigenvalue weighted by Gasteiger charge is 2.31. The van der Waals surface area contributed by atoms with Crippen molar-refractivity contribution in [1.82, 2.24) is 0 Å². The van der Waals surface area contributed by atoms with Crippen LogP contribution in [0.2, 0.25) is 0 Å². The largest absolute Gasteiger partial charge is 0.416 e. The van der Waals surface area contributed by atoms with Gasteiger partial charge in [-0.15, -0.1) is 0 Å². The van der Waals surface area contributed by atoms with Gasteiger partial charge in [-0.05, 0) is 160 Å². The zero-order valence-corrected chi connectivity index (χ0v) is 34.8. The summed E-state index contributed by atoms with van der Waals surface area (Å²) < 4.78 is 75.8. The highest BCUT2D eigenvalue weighted by atomic mass is 19.4. The summed E-state index contributed by atoms with van der Waals surface area (Å²) in [4.78, 5) is 0. The zero-order chi connectivity index (χ0) is 42.1. The highest BCUT2D eigenvalue weighted by molar-refractivity contribution is 5.39. The maximum Gasteiger partial charge on any atom is 0.416 e. The van der Waals surface area contributed by atoms with Gasteiger partial charge in [0.05, 0.1) is 11.1 Å². The third-order valence-corrected chi connectivity index (χ3v) is 12.0. The molecule has 2 aliphatic rings. The number of hydrogen-bond donors (Lipinski definition) is 0. The summed E-state index contributed by atoms with van der Waals surface area (Å²) in [7, 11) is 0. The Balaban J connectivity index is 0.000000224. The molecule has 0 radical (unpaired) electrons. The lowest BCUT2D eigenvalue weighted by Gasteiger charge is -2.26. The lowest BCUT2D eigenvalue weighted by atomic mass is 9.78. The van der Waals surface area contributed by atoms with Gasteiger partial charge in [0.25, 0.3) is 0 Å². The van der Waals surface area contributed by atoms with E-state index in [1.165, 1.54) is 104 Å². The molecule has 0 aromatic heterocycles. The lowest BCUT2D eigenvalue weighted by Crippen LogP contribution is -2.12. The molecular formula is C53H60F6. The van der Waals surface area contributed by atoms with Crippen molar-refractivity contribution >= 4 is 0 Å². The van der Waals surface area contributed by atoms with Crippen molar-refractivity contribution in [1.29, 1.82) is 0 Å². The minimum atomic E-state index is -4.29. The van der Waals surface area contributed by atoms with Gasteiger partial charge in [-0.1, -0.05) is 118 Å². The first kappa shape index (κ1) is 45.7. The molecule has 0 saturated heterocycles. The van der Waals surface area contributed by atoms with Crippen molar-refractivity contribution in [3.8, 4) is 23.7 Å². The molecule has 0 heterocycles. The van der Waals surface area contributed by atoms with E-state index in [-0.39, 0.29) is 0 Å². The fraction of sp³-hybridized carbons (Fsp3) is 0.472. The van der Waals surface area contributed by atoms with E-state index in [2.05, 4.69) is 86.1 Å². The average Bonchev–Trinajstić information content (AvgIpc) is 3.25. The molecule has 0 bridgehead atoms. The van der Waals surface area contributed by atoms with Gasteiger partial charge in [0, 0.05) is 23.0 Å². The predicted molar refractivity (Wildman–Crippen MR) is 230 cm³/mol. The molecule has 59 heavy (non-hydrogen) atoms. The molecule has 314 valence electrons. The summed E-state index contributed by atoms with van der Waals surface area (Å²) >= 11 is 0. The third-order valence-electron chi connectivity index (χ3n) is 12.0. The van der Waals surface area contributed by atoms with Crippen LogP contribution in [0.5, 0.6) is 0 Å². The highest BCUT2D eigenvalue weighted by Crippen LogP contribution is 2.37. The van der Waals surface area contributed by atoms with Crippen molar-refractivity contribution in [2.24, 2.45) is 11.8 Å². The normalized spacial score (nSPS) is 19.3. The molecule has 6 rings (SSSR count). The topological polar surface area (TPSA) is 0 Å². The monoisotopic (exact) mass is 810 g/mol. The SMILES string of the molecule is CCCCCCc1ccc([C@H]2CC[C@H](C#Cc3ccc(C(F)(F)F)cc3)CC2)cc1.CCCCCc1ccc([C@H]2CC[C@H](C#Cc3ccc(C(F)(F)F)cc3)CC2)cc1. The van der Waals surface area contributed by atoms with Gasteiger partial charge >= 0.3 is 12.4 Å². The Bertz CT molecular complexity index is 1930. The first-order valence-corrected chi connectivity index (χ1v) is 22.0. The Kier molecular flexibility index (Phi) is 17.7. The van der Waals surface area contributed by atoms with Gasteiger partial charge in [0.15, 0.2) is 0 Å². The molecule has 0 nitrogen and oxygen atoms in total. The number of unbranched alkanes of at least 4 members (excludes halogenated alkanes) is 5. The molecule has 0 amide bonds. The molecule has 0 N–H and O–H groups in total. The second-order valence-electron chi connectivity index (χ2n) is 16.5. The summed E-state index contributed by atoms with van der Waals surface area (Å²) in [6.45, 7) is 4.47. The number of benzene rings is 4. The van der Waals surface area contributed by atoms with E-state index in [9.17, 15) is 26.3 Å². The Hall–Kier alpha value is -4.42. The van der Waals surface area contributed by atoms with Crippen molar-refractivity contribution in [3.63, 3.8) is 0 Å². The molecular weight excluding hydrogens is 751 g/mol. The molecule has 2 fully saturated rings. The van der Waals surface area contributed by atoms with Crippen LogP contribution < -0.4 is 0 Å². The second-order valence-corrected chi connectivity index (χ2v) is 16.5. The molecule has 2 aliphatic carbocycles. The van der Waals surface area contributed by atoms with Crippen LogP contribution in [0.15, 0.2) is 97.1 Å². The van der Waals surface area contributed by atoms with E-state index >= 15 is 0 Å². The Morgan fingerprint density at radius 1 is 0.424 bits per heavy atom. The summed E-state index contributed by atoms with van der Waals surface area (Å²) in [5.41, 5.74) is 5.78. The summed E-state index contributed by atoms with van der Waals surface area (Å²) in [5.74, 6) is 14.6. The number of aryl methyl sites for hydroxylation is 2. The molecule has 0 aliphatic heterocycles. The minimum Gasteiger partial charge on any atom is -0.166 e. The maximum absolute atomic E-state index is 12.6. The number of hydrogen-bond acceptors (Lipinski definition) is 0. The maximum atomic E-state index is 12.6. The Labute approximate surface area is 349 Å². The van der Waals surface area contributed by atoms with E-state index in [0.29, 0.717) is 34.8 Å². The van der Waals surface area contributed by atoms with Crippen molar-refractivity contribution in [3.05, 3.63) is 142 Å². The first-order valence-electron chi connectivity index (χ1n) is 22.0. The molecule has 6 heteroatoms. The fourth-order valence-electron chi connectivity index (χ4n) is 8.25. The zero-order valence-electron chi connectivity index (χ0n) is 34.8. The van der Waals surface area contributed by atoms with Crippen LogP contribution >= 0.6 is 0 Å². The van der Waals surface area contributed by atoms with Crippen molar-refractivity contribution in [2.45, 2.75) is 147 Å². The Morgan fingerprint density at radius 3 is 1.10 bits per heavy atom. The summed E-state index contributed by atoms with van der Waals surface area (Å²) in [6.07, 6.45) is 11.5. The quantitative estimate of drug-likeness (QED) is 0.0804. The average molecular weight is 811 g/mol. The number of alkyl halides is 6. The van der Waals surface area contributed by atoms with Crippen LogP contribution in [0.4, 0.5) is 26.3 Å². The first-order chi connectivity index (χ1) is 28.4. The van der Waals surface area contributed by atoms with Gasteiger partial charge < -0.3 is 0 Å². The molecule has 2 saturated carbocycles. The second kappa shape index (κ2) is 22.8. The van der Waals surface area contributed by atoms with Crippen LogP contribution in [0.1, 0.15) is 167 Å². The van der Waals surface area contributed by atoms with E-state index in [0.717, 1.165) is 75.6 Å². The van der Waals surface area contributed by atoms with Crippen LogP contribution in [0.3, 0.4) is 0 Å².